The van der Waals surface area contributed by atoms with Crippen molar-refractivity contribution in [1.29, 1.82) is 0 Å². The SMILES string of the molecule is CCc1cnc(SCC(=O)O)n1C1CC2CCC1C2. The van der Waals surface area contributed by atoms with Crippen LogP contribution in [0.25, 0.3) is 0 Å². The lowest BCUT2D eigenvalue weighted by Gasteiger charge is -2.26. The van der Waals surface area contributed by atoms with Crippen molar-refractivity contribution in [3.05, 3.63) is 11.9 Å². The Balaban J connectivity index is 1.85. The molecule has 104 valence electrons. The summed E-state index contributed by atoms with van der Waals surface area (Å²) in [5.74, 6) is 1.000. The molecule has 3 rings (SSSR count). The van der Waals surface area contributed by atoms with Gasteiger partial charge in [-0.25, -0.2) is 4.98 Å². The number of hydrogen-bond donors (Lipinski definition) is 1. The molecule has 1 aromatic rings. The van der Waals surface area contributed by atoms with Gasteiger partial charge in [-0.05, 0) is 37.5 Å². The van der Waals surface area contributed by atoms with E-state index in [1.165, 1.54) is 43.1 Å². The van der Waals surface area contributed by atoms with Crippen LogP contribution in [0.15, 0.2) is 11.4 Å². The van der Waals surface area contributed by atoms with E-state index in [9.17, 15) is 4.79 Å². The highest BCUT2D eigenvalue weighted by molar-refractivity contribution is 7.99. The highest BCUT2D eigenvalue weighted by Gasteiger charge is 2.41. The second-order valence-electron chi connectivity index (χ2n) is 5.68. The number of fused-ring (bicyclic) bond motifs is 2. The molecule has 2 aliphatic rings. The Morgan fingerprint density at radius 2 is 2.37 bits per heavy atom. The van der Waals surface area contributed by atoms with Crippen LogP contribution in [-0.2, 0) is 11.2 Å². The molecule has 1 heterocycles. The van der Waals surface area contributed by atoms with Gasteiger partial charge < -0.3 is 9.67 Å². The Bertz CT molecular complexity index is 486. The van der Waals surface area contributed by atoms with Crippen molar-refractivity contribution < 1.29 is 9.90 Å². The van der Waals surface area contributed by atoms with Gasteiger partial charge in [-0.2, -0.15) is 0 Å². The molecular formula is C14H20N2O2S. The lowest BCUT2D eigenvalue weighted by Crippen LogP contribution is -2.19. The summed E-state index contributed by atoms with van der Waals surface area (Å²) >= 11 is 1.36. The van der Waals surface area contributed by atoms with Crippen molar-refractivity contribution in [2.24, 2.45) is 11.8 Å². The monoisotopic (exact) mass is 280 g/mol. The molecule has 0 aliphatic heterocycles. The summed E-state index contributed by atoms with van der Waals surface area (Å²) in [5, 5.41) is 9.74. The maximum Gasteiger partial charge on any atom is 0.313 e. The molecule has 4 nitrogen and oxygen atoms in total. The second kappa shape index (κ2) is 5.19. The maximum atomic E-state index is 10.8. The number of aryl methyl sites for hydroxylation is 1. The van der Waals surface area contributed by atoms with E-state index >= 15 is 0 Å². The Kier molecular flexibility index (Phi) is 3.56. The van der Waals surface area contributed by atoms with E-state index in [4.69, 9.17) is 5.11 Å². The Morgan fingerprint density at radius 1 is 1.53 bits per heavy atom. The third-order valence-electron chi connectivity index (χ3n) is 4.56. The summed E-state index contributed by atoms with van der Waals surface area (Å²) in [7, 11) is 0. The minimum Gasteiger partial charge on any atom is -0.481 e. The highest BCUT2D eigenvalue weighted by Crippen LogP contribution is 2.51. The number of nitrogens with zero attached hydrogens (tertiary/aromatic N) is 2. The lowest BCUT2D eigenvalue weighted by molar-refractivity contribution is -0.133. The van der Waals surface area contributed by atoms with Crippen molar-refractivity contribution in [2.45, 2.75) is 50.2 Å². The van der Waals surface area contributed by atoms with Crippen LogP contribution < -0.4 is 0 Å². The molecule has 2 saturated carbocycles. The number of carboxylic acids is 1. The Morgan fingerprint density at radius 3 is 2.95 bits per heavy atom. The number of aromatic nitrogens is 2. The molecule has 3 unspecified atom stereocenters. The molecule has 2 bridgehead atoms. The number of thioether (sulfide) groups is 1. The first-order valence-corrected chi connectivity index (χ1v) is 8.08. The van der Waals surface area contributed by atoms with Gasteiger partial charge in [0.15, 0.2) is 5.16 Å². The standard InChI is InChI=1S/C14H20N2O2S/c1-2-11-7-15-14(19-8-13(17)18)16(11)12-6-9-3-4-10(12)5-9/h7,9-10,12H,2-6,8H2,1H3,(H,17,18). The minimum absolute atomic E-state index is 0.0982. The highest BCUT2D eigenvalue weighted by atomic mass is 32.2. The van der Waals surface area contributed by atoms with Crippen LogP contribution in [0.4, 0.5) is 0 Å². The van der Waals surface area contributed by atoms with E-state index in [-0.39, 0.29) is 5.75 Å². The molecule has 2 aliphatic carbocycles. The van der Waals surface area contributed by atoms with Gasteiger partial charge in [0.25, 0.3) is 0 Å². The zero-order valence-electron chi connectivity index (χ0n) is 11.2. The van der Waals surface area contributed by atoms with Crippen LogP contribution >= 0.6 is 11.8 Å². The predicted molar refractivity (Wildman–Crippen MR) is 74.4 cm³/mol. The molecule has 0 radical (unpaired) electrons. The van der Waals surface area contributed by atoms with Gasteiger partial charge in [0, 0.05) is 17.9 Å². The maximum absolute atomic E-state index is 10.8. The molecule has 1 aromatic heterocycles. The van der Waals surface area contributed by atoms with Gasteiger partial charge in [0.05, 0.1) is 5.75 Å². The third-order valence-corrected chi connectivity index (χ3v) is 5.51. The molecule has 0 amide bonds. The number of carbonyl (C=O) groups is 1. The third kappa shape index (κ3) is 2.40. The minimum atomic E-state index is -0.773. The smallest absolute Gasteiger partial charge is 0.313 e. The van der Waals surface area contributed by atoms with Crippen molar-refractivity contribution in [1.82, 2.24) is 9.55 Å². The number of carboxylic acid groups (broad SMARTS) is 1. The quantitative estimate of drug-likeness (QED) is 0.842. The van der Waals surface area contributed by atoms with Crippen LogP contribution in [0.2, 0.25) is 0 Å². The van der Waals surface area contributed by atoms with Gasteiger partial charge >= 0.3 is 5.97 Å². The average molecular weight is 280 g/mol. The second-order valence-corrected chi connectivity index (χ2v) is 6.62. The fraction of sp³-hybridized carbons (Fsp3) is 0.714. The Labute approximate surface area is 117 Å². The zero-order valence-corrected chi connectivity index (χ0v) is 12.0. The lowest BCUT2D eigenvalue weighted by atomic mass is 9.95. The molecule has 0 aromatic carbocycles. The van der Waals surface area contributed by atoms with Gasteiger partial charge in [-0.3, -0.25) is 4.79 Å². The average Bonchev–Trinajstić information content (AvgIpc) is 3.09. The van der Waals surface area contributed by atoms with E-state index in [1.807, 2.05) is 6.20 Å². The summed E-state index contributed by atoms with van der Waals surface area (Å²) in [5.41, 5.74) is 1.26. The summed E-state index contributed by atoms with van der Waals surface area (Å²) in [4.78, 5) is 15.2. The summed E-state index contributed by atoms with van der Waals surface area (Å²) in [6.45, 7) is 2.15. The number of rotatable bonds is 5. The molecule has 3 atom stereocenters. The Hall–Kier alpha value is -0.970. The summed E-state index contributed by atoms with van der Waals surface area (Å²) < 4.78 is 2.34. The normalized spacial score (nSPS) is 29.0. The van der Waals surface area contributed by atoms with Crippen LogP contribution in [0, 0.1) is 11.8 Å². The van der Waals surface area contributed by atoms with Crippen LogP contribution in [0.5, 0.6) is 0 Å². The van der Waals surface area contributed by atoms with E-state index in [0.717, 1.165) is 23.4 Å². The van der Waals surface area contributed by atoms with E-state index < -0.39 is 5.97 Å². The summed E-state index contributed by atoms with van der Waals surface area (Å²) in [6.07, 6.45) is 8.23. The van der Waals surface area contributed by atoms with E-state index in [2.05, 4.69) is 16.5 Å². The molecule has 0 saturated heterocycles. The number of aliphatic carboxylic acids is 1. The first kappa shape index (κ1) is 13.0. The summed E-state index contributed by atoms with van der Waals surface area (Å²) in [6, 6.07) is 0.562. The van der Waals surface area contributed by atoms with E-state index in [0.29, 0.717) is 6.04 Å². The molecule has 0 spiro atoms. The first-order chi connectivity index (χ1) is 9.19. The van der Waals surface area contributed by atoms with E-state index in [1.54, 1.807) is 0 Å². The first-order valence-electron chi connectivity index (χ1n) is 7.09. The van der Waals surface area contributed by atoms with Crippen LogP contribution in [0.1, 0.15) is 44.3 Å². The molecule has 19 heavy (non-hydrogen) atoms. The largest absolute Gasteiger partial charge is 0.481 e. The van der Waals surface area contributed by atoms with Crippen LogP contribution in [-0.4, -0.2) is 26.4 Å². The number of hydrogen-bond acceptors (Lipinski definition) is 3. The molecular weight excluding hydrogens is 260 g/mol. The van der Waals surface area contributed by atoms with Crippen molar-refractivity contribution in [3.63, 3.8) is 0 Å². The fourth-order valence-corrected chi connectivity index (χ4v) is 4.53. The topological polar surface area (TPSA) is 55.1 Å². The van der Waals surface area contributed by atoms with Gasteiger partial charge in [-0.15, -0.1) is 0 Å². The molecule has 2 fully saturated rings. The fourth-order valence-electron chi connectivity index (χ4n) is 3.75. The van der Waals surface area contributed by atoms with Crippen molar-refractivity contribution in [2.75, 3.05) is 5.75 Å². The zero-order chi connectivity index (χ0) is 13.4. The van der Waals surface area contributed by atoms with Gasteiger partial charge in [0.1, 0.15) is 0 Å². The van der Waals surface area contributed by atoms with Gasteiger partial charge in [0.2, 0.25) is 0 Å². The van der Waals surface area contributed by atoms with Crippen molar-refractivity contribution in [3.8, 4) is 0 Å². The van der Waals surface area contributed by atoms with Gasteiger partial charge in [-0.1, -0.05) is 25.1 Å². The molecule has 5 heteroatoms. The predicted octanol–water partition coefficient (Wildman–Crippen LogP) is 2.98. The molecule has 1 N–H and O–H groups in total. The van der Waals surface area contributed by atoms with Crippen LogP contribution in [0.3, 0.4) is 0 Å². The van der Waals surface area contributed by atoms with Crippen molar-refractivity contribution >= 4 is 17.7 Å². The number of imidazole rings is 1.